The standard InChI is InChI=1S/C53H39BN2S/c1-33-27-41(35-11-5-3-6-12-35)29-43-31-44-30-42(36-13-7-4-8-14-36)28-34(2)51(44)54(50(33)43)45-24-21-38(22-25-45)37-17-19-39(20-18-37)40-23-26-49-47(32-40)52-53(57-49)46-15-9-10-16-48(46)55-56-52/h3-7,9-13,15-30,32H,8,14,31H2,1-2H3. The first kappa shape index (κ1) is 33.9. The molecule has 270 valence electrons. The molecule has 0 bridgehead atoms. The Bertz CT molecular complexity index is 3100. The lowest BCUT2D eigenvalue weighted by molar-refractivity contribution is 1.05. The molecule has 7 aromatic carbocycles. The fourth-order valence-electron chi connectivity index (χ4n) is 9.50. The Labute approximate surface area is 338 Å². The number of thiophene rings is 1. The minimum absolute atomic E-state index is 0.171. The lowest BCUT2D eigenvalue weighted by Crippen LogP contribution is -2.58. The van der Waals surface area contributed by atoms with E-state index < -0.39 is 0 Å². The van der Waals surface area contributed by atoms with Crippen molar-refractivity contribution in [1.82, 2.24) is 10.2 Å². The van der Waals surface area contributed by atoms with Gasteiger partial charge in [-0.2, -0.15) is 0 Å². The Kier molecular flexibility index (Phi) is 8.15. The van der Waals surface area contributed by atoms with E-state index in [0.29, 0.717) is 0 Å². The summed E-state index contributed by atoms with van der Waals surface area (Å²) in [6, 6.07) is 54.1. The van der Waals surface area contributed by atoms with Gasteiger partial charge in [0, 0.05) is 15.5 Å². The maximum absolute atomic E-state index is 4.66. The molecular formula is C53H39BN2S. The average Bonchev–Trinajstić information content (AvgIpc) is 3.65. The van der Waals surface area contributed by atoms with Crippen LogP contribution in [0.5, 0.6) is 0 Å². The first-order valence-corrected chi connectivity index (χ1v) is 20.8. The number of hydrogen-bond acceptors (Lipinski definition) is 3. The zero-order valence-corrected chi connectivity index (χ0v) is 32.9. The summed E-state index contributed by atoms with van der Waals surface area (Å²) in [6.45, 7) is 4.82. The van der Waals surface area contributed by atoms with Crippen LogP contribution in [0.15, 0.2) is 164 Å². The normalized spacial score (nSPS) is 13.6. The largest absolute Gasteiger partial charge is 0.242 e. The van der Waals surface area contributed by atoms with Gasteiger partial charge in [-0.3, -0.25) is 0 Å². The molecular weight excluding hydrogens is 707 g/mol. The van der Waals surface area contributed by atoms with Crippen molar-refractivity contribution in [2.45, 2.75) is 33.1 Å². The first-order chi connectivity index (χ1) is 28.1. The SMILES string of the molecule is Cc1cc(C2=CC=CCC2)cc2c1B(c1ccc(-c3ccc(-c4ccc5sc6c7ccccc7nnc6c5c4)cc3)cc1)c1c(C)cc(-c3ccccc3)cc1C2. The second-order valence-corrected chi connectivity index (χ2v) is 16.8. The molecule has 0 spiro atoms. The van der Waals surface area contributed by atoms with E-state index in [9.17, 15) is 0 Å². The number of benzene rings is 7. The maximum atomic E-state index is 4.66. The van der Waals surface area contributed by atoms with Crippen LogP contribution in [-0.4, -0.2) is 16.9 Å². The van der Waals surface area contributed by atoms with Crippen molar-refractivity contribution < 1.29 is 0 Å². The molecule has 4 heteroatoms. The lowest BCUT2D eigenvalue weighted by Gasteiger charge is -2.31. The Morgan fingerprint density at radius 1 is 0.544 bits per heavy atom. The van der Waals surface area contributed by atoms with E-state index >= 15 is 0 Å². The summed E-state index contributed by atoms with van der Waals surface area (Å²) in [5.41, 5.74) is 22.1. The molecule has 2 nitrogen and oxygen atoms in total. The van der Waals surface area contributed by atoms with Crippen molar-refractivity contribution in [2.24, 2.45) is 0 Å². The summed E-state index contributed by atoms with van der Waals surface area (Å²) in [6.07, 6.45) is 9.96. The molecule has 2 aliphatic rings. The van der Waals surface area contributed by atoms with E-state index in [-0.39, 0.29) is 6.71 Å². The van der Waals surface area contributed by atoms with Gasteiger partial charge in [-0.15, -0.1) is 21.5 Å². The number of nitrogens with zero attached hydrogens (tertiary/aromatic N) is 2. The van der Waals surface area contributed by atoms with Crippen LogP contribution in [0.25, 0.3) is 70.2 Å². The van der Waals surface area contributed by atoms with E-state index in [0.717, 1.165) is 35.7 Å². The van der Waals surface area contributed by atoms with Crippen LogP contribution in [0.3, 0.4) is 0 Å². The molecule has 0 atom stereocenters. The molecule has 11 rings (SSSR count). The molecule has 0 amide bonds. The molecule has 1 aliphatic heterocycles. The summed E-state index contributed by atoms with van der Waals surface area (Å²) >= 11 is 1.80. The maximum Gasteiger partial charge on any atom is 0.242 e. The van der Waals surface area contributed by atoms with Gasteiger partial charge in [0.15, 0.2) is 0 Å². The highest BCUT2D eigenvalue weighted by molar-refractivity contribution is 7.26. The average molecular weight is 747 g/mol. The van der Waals surface area contributed by atoms with E-state index in [2.05, 4.69) is 176 Å². The second-order valence-electron chi connectivity index (χ2n) is 15.8. The van der Waals surface area contributed by atoms with Crippen molar-refractivity contribution >= 4 is 71.2 Å². The Morgan fingerprint density at radius 2 is 1.18 bits per heavy atom. The van der Waals surface area contributed by atoms with Gasteiger partial charge in [0.1, 0.15) is 5.52 Å². The molecule has 9 aromatic rings. The van der Waals surface area contributed by atoms with Crippen molar-refractivity contribution in [2.75, 3.05) is 0 Å². The molecule has 2 aromatic heterocycles. The zero-order chi connectivity index (χ0) is 38.0. The minimum atomic E-state index is 0.171. The monoisotopic (exact) mass is 746 g/mol. The highest BCUT2D eigenvalue weighted by Crippen LogP contribution is 2.38. The molecule has 3 heterocycles. The third kappa shape index (κ3) is 5.86. The van der Waals surface area contributed by atoms with Gasteiger partial charge >= 0.3 is 0 Å². The van der Waals surface area contributed by atoms with Gasteiger partial charge < -0.3 is 0 Å². The van der Waals surface area contributed by atoms with Gasteiger partial charge in [0.2, 0.25) is 6.71 Å². The molecule has 0 radical (unpaired) electrons. The van der Waals surface area contributed by atoms with Crippen molar-refractivity contribution in [3.63, 3.8) is 0 Å². The van der Waals surface area contributed by atoms with Crippen LogP contribution in [0.1, 0.15) is 40.7 Å². The molecule has 0 saturated carbocycles. The van der Waals surface area contributed by atoms with Crippen LogP contribution in [0, 0.1) is 13.8 Å². The predicted molar refractivity (Wildman–Crippen MR) is 245 cm³/mol. The van der Waals surface area contributed by atoms with Crippen LogP contribution in [0.2, 0.25) is 0 Å². The lowest BCUT2D eigenvalue weighted by atomic mass is 9.32. The number of rotatable bonds is 5. The molecule has 0 unspecified atom stereocenters. The fraction of sp³-hybridized carbons (Fsp3) is 0.0943. The Morgan fingerprint density at radius 3 is 1.91 bits per heavy atom. The van der Waals surface area contributed by atoms with Crippen molar-refractivity contribution in [1.29, 1.82) is 0 Å². The Balaban J connectivity index is 0.949. The number of allylic oxidation sites excluding steroid dienone is 4. The first-order valence-electron chi connectivity index (χ1n) is 20.0. The number of hydrogen-bond donors (Lipinski definition) is 0. The van der Waals surface area contributed by atoms with Gasteiger partial charge in [0.25, 0.3) is 0 Å². The summed E-state index contributed by atoms with van der Waals surface area (Å²) in [5, 5.41) is 11.5. The zero-order valence-electron chi connectivity index (χ0n) is 32.1. The topological polar surface area (TPSA) is 25.8 Å². The molecule has 0 N–H and O–H groups in total. The highest BCUT2D eigenvalue weighted by Gasteiger charge is 2.34. The summed E-state index contributed by atoms with van der Waals surface area (Å²) in [7, 11) is 0. The van der Waals surface area contributed by atoms with Crippen LogP contribution in [-0.2, 0) is 6.42 Å². The summed E-state index contributed by atoms with van der Waals surface area (Å²) < 4.78 is 2.44. The minimum Gasteiger partial charge on any atom is -0.150 e. The van der Waals surface area contributed by atoms with Crippen LogP contribution in [0.4, 0.5) is 0 Å². The molecule has 0 fully saturated rings. The fourth-order valence-corrected chi connectivity index (χ4v) is 10.6. The van der Waals surface area contributed by atoms with E-state index in [1.807, 2.05) is 12.1 Å². The molecule has 1 aliphatic carbocycles. The van der Waals surface area contributed by atoms with Gasteiger partial charge in [-0.1, -0.05) is 173 Å². The number of fused-ring (bicyclic) bond motifs is 7. The molecule has 57 heavy (non-hydrogen) atoms. The van der Waals surface area contributed by atoms with Gasteiger partial charge in [-0.25, -0.2) is 0 Å². The number of aryl methyl sites for hydroxylation is 2. The summed E-state index contributed by atoms with van der Waals surface area (Å²) in [4.78, 5) is 0. The number of aromatic nitrogens is 2. The van der Waals surface area contributed by atoms with Gasteiger partial charge in [-0.05, 0) is 107 Å². The van der Waals surface area contributed by atoms with Gasteiger partial charge in [0.05, 0.1) is 10.2 Å². The summed E-state index contributed by atoms with van der Waals surface area (Å²) in [5.74, 6) is 0. The quantitative estimate of drug-likeness (QED) is 0.164. The van der Waals surface area contributed by atoms with E-state index in [1.54, 1.807) is 11.3 Å². The van der Waals surface area contributed by atoms with Crippen LogP contribution < -0.4 is 16.4 Å². The third-order valence-electron chi connectivity index (χ3n) is 12.3. The Hall–Kier alpha value is -6.36. The van der Waals surface area contributed by atoms with Crippen molar-refractivity contribution in [3.8, 4) is 33.4 Å². The predicted octanol–water partition coefficient (Wildman–Crippen LogP) is 11.8. The highest BCUT2D eigenvalue weighted by atomic mass is 32.1. The van der Waals surface area contributed by atoms with E-state index in [4.69, 9.17) is 0 Å². The van der Waals surface area contributed by atoms with Crippen LogP contribution >= 0.6 is 11.3 Å². The van der Waals surface area contributed by atoms with E-state index in [1.165, 1.54) is 97.9 Å². The van der Waals surface area contributed by atoms with Crippen molar-refractivity contribution in [3.05, 3.63) is 192 Å². The third-order valence-corrected chi connectivity index (χ3v) is 13.5. The second kappa shape index (κ2) is 13.7. The molecule has 0 saturated heterocycles. The smallest absolute Gasteiger partial charge is 0.150 e.